The molecule has 1 heterocycles. The zero-order valence-corrected chi connectivity index (χ0v) is 10.2. The molecule has 0 aromatic carbocycles. The third-order valence-corrected chi connectivity index (χ3v) is 2.69. The molecule has 3 heteroatoms. The highest BCUT2D eigenvalue weighted by Crippen LogP contribution is 2.12. The van der Waals surface area contributed by atoms with E-state index in [1.165, 1.54) is 6.54 Å². The van der Waals surface area contributed by atoms with E-state index in [0.717, 1.165) is 19.7 Å². The molecule has 1 rings (SSSR count). The maximum absolute atomic E-state index is 5.82. The maximum Gasteiger partial charge on any atom is 0.0641 e. The number of hydrogen-bond acceptors (Lipinski definition) is 3. The molecule has 3 nitrogen and oxygen atoms in total. The molecule has 0 radical (unpaired) electrons. The number of likely N-dealkylation sites (N-methyl/N-ethyl adjacent to an activating group) is 2. The van der Waals surface area contributed by atoms with Gasteiger partial charge in [0.05, 0.1) is 12.2 Å². The Morgan fingerprint density at radius 3 is 2.43 bits per heavy atom. The first-order chi connectivity index (χ1) is 6.38. The van der Waals surface area contributed by atoms with Gasteiger partial charge >= 0.3 is 0 Å². The van der Waals surface area contributed by atoms with Crippen LogP contribution < -0.4 is 0 Å². The van der Waals surface area contributed by atoms with Gasteiger partial charge in [-0.3, -0.25) is 4.90 Å². The number of nitrogens with zero attached hydrogens (tertiary/aromatic N) is 2. The van der Waals surface area contributed by atoms with E-state index in [1.54, 1.807) is 0 Å². The zero-order valence-electron chi connectivity index (χ0n) is 10.2. The predicted molar refractivity (Wildman–Crippen MR) is 59.6 cm³/mol. The average molecular weight is 200 g/mol. The molecular formula is C11H24N2O. The monoisotopic (exact) mass is 200 g/mol. The van der Waals surface area contributed by atoms with E-state index in [-0.39, 0.29) is 5.60 Å². The quantitative estimate of drug-likeness (QED) is 0.662. The van der Waals surface area contributed by atoms with Crippen LogP contribution in [0.2, 0.25) is 0 Å². The summed E-state index contributed by atoms with van der Waals surface area (Å²) in [5.41, 5.74) is -0.0170. The molecule has 0 spiro atoms. The van der Waals surface area contributed by atoms with Crippen LogP contribution in [0.4, 0.5) is 0 Å². The number of piperazine rings is 1. The Balaban J connectivity index is 2.35. The fraction of sp³-hybridized carbons (Fsp3) is 1.00. The summed E-state index contributed by atoms with van der Waals surface area (Å²) in [6.45, 7) is 10.6. The second-order valence-electron chi connectivity index (χ2n) is 5.32. The Kier molecular flexibility index (Phi) is 3.93. The van der Waals surface area contributed by atoms with Gasteiger partial charge in [0, 0.05) is 25.7 Å². The lowest BCUT2D eigenvalue weighted by atomic mass is 10.1. The van der Waals surface area contributed by atoms with E-state index in [2.05, 4.69) is 44.7 Å². The zero-order chi connectivity index (χ0) is 10.8. The van der Waals surface area contributed by atoms with Gasteiger partial charge < -0.3 is 9.64 Å². The van der Waals surface area contributed by atoms with Crippen molar-refractivity contribution in [2.24, 2.45) is 0 Å². The molecule has 0 aliphatic carbocycles. The van der Waals surface area contributed by atoms with Gasteiger partial charge in [-0.25, -0.2) is 0 Å². The maximum atomic E-state index is 5.82. The third kappa shape index (κ3) is 3.95. The fourth-order valence-electron chi connectivity index (χ4n) is 1.63. The van der Waals surface area contributed by atoms with Gasteiger partial charge in [0.1, 0.15) is 0 Å². The SMILES string of the molecule is CN1CCN(C)C(COC(C)(C)C)C1. The standard InChI is InChI=1S/C11H24N2O/c1-11(2,3)14-9-10-8-12(4)6-7-13(10)5/h10H,6-9H2,1-5H3. The highest BCUT2D eigenvalue weighted by molar-refractivity contribution is 4.79. The highest BCUT2D eigenvalue weighted by atomic mass is 16.5. The lowest BCUT2D eigenvalue weighted by Crippen LogP contribution is -2.52. The third-order valence-electron chi connectivity index (χ3n) is 2.69. The van der Waals surface area contributed by atoms with E-state index in [4.69, 9.17) is 4.74 Å². The molecule has 0 N–H and O–H groups in total. The van der Waals surface area contributed by atoms with Gasteiger partial charge in [0.25, 0.3) is 0 Å². The molecule has 1 fully saturated rings. The van der Waals surface area contributed by atoms with Crippen molar-refractivity contribution >= 4 is 0 Å². The van der Waals surface area contributed by atoms with Crippen LogP contribution in [0.1, 0.15) is 20.8 Å². The van der Waals surface area contributed by atoms with E-state index in [9.17, 15) is 0 Å². The molecule has 14 heavy (non-hydrogen) atoms. The van der Waals surface area contributed by atoms with Crippen LogP contribution in [0.5, 0.6) is 0 Å². The van der Waals surface area contributed by atoms with Gasteiger partial charge in [0.2, 0.25) is 0 Å². The topological polar surface area (TPSA) is 15.7 Å². The van der Waals surface area contributed by atoms with Gasteiger partial charge in [-0.1, -0.05) is 0 Å². The molecule has 0 aromatic rings. The highest BCUT2D eigenvalue weighted by Gasteiger charge is 2.23. The molecule has 0 saturated carbocycles. The van der Waals surface area contributed by atoms with Gasteiger partial charge in [-0.2, -0.15) is 0 Å². The Bertz CT molecular complexity index is 177. The minimum absolute atomic E-state index is 0.0170. The first-order valence-electron chi connectivity index (χ1n) is 5.41. The summed E-state index contributed by atoms with van der Waals surface area (Å²) in [7, 11) is 4.36. The van der Waals surface area contributed by atoms with E-state index in [1.807, 2.05) is 0 Å². The van der Waals surface area contributed by atoms with Crippen molar-refractivity contribution in [2.45, 2.75) is 32.4 Å². The van der Waals surface area contributed by atoms with Crippen LogP contribution in [0.3, 0.4) is 0 Å². The van der Waals surface area contributed by atoms with Gasteiger partial charge in [-0.05, 0) is 34.9 Å². The number of hydrogen-bond donors (Lipinski definition) is 0. The normalized spacial score (nSPS) is 26.8. The molecular weight excluding hydrogens is 176 g/mol. The van der Waals surface area contributed by atoms with Gasteiger partial charge in [0.15, 0.2) is 0 Å². The van der Waals surface area contributed by atoms with Gasteiger partial charge in [-0.15, -0.1) is 0 Å². The Morgan fingerprint density at radius 2 is 1.86 bits per heavy atom. The Hall–Kier alpha value is -0.120. The molecule has 84 valence electrons. The predicted octanol–water partition coefficient (Wildman–Crippen LogP) is 1.05. The second kappa shape index (κ2) is 4.60. The minimum atomic E-state index is -0.0170. The first-order valence-corrected chi connectivity index (χ1v) is 5.41. The summed E-state index contributed by atoms with van der Waals surface area (Å²) in [5, 5.41) is 0. The van der Waals surface area contributed by atoms with Crippen molar-refractivity contribution in [3.05, 3.63) is 0 Å². The molecule has 0 amide bonds. The summed E-state index contributed by atoms with van der Waals surface area (Å²) in [6.07, 6.45) is 0. The fourth-order valence-corrected chi connectivity index (χ4v) is 1.63. The molecule has 1 aliphatic heterocycles. The van der Waals surface area contributed by atoms with Crippen LogP contribution in [-0.4, -0.2) is 61.8 Å². The largest absolute Gasteiger partial charge is 0.374 e. The molecule has 1 unspecified atom stereocenters. The summed E-state index contributed by atoms with van der Waals surface area (Å²) >= 11 is 0. The van der Waals surface area contributed by atoms with Crippen LogP contribution >= 0.6 is 0 Å². The summed E-state index contributed by atoms with van der Waals surface area (Å²) in [4.78, 5) is 4.77. The van der Waals surface area contributed by atoms with E-state index < -0.39 is 0 Å². The Labute approximate surface area is 88.0 Å². The average Bonchev–Trinajstić information content (AvgIpc) is 2.05. The summed E-state index contributed by atoms with van der Waals surface area (Å²) in [5.74, 6) is 0. The number of ether oxygens (including phenoxy) is 1. The summed E-state index contributed by atoms with van der Waals surface area (Å²) in [6, 6.07) is 0.549. The molecule has 1 saturated heterocycles. The number of rotatable bonds is 2. The lowest BCUT2D eigenvalue weighted by molar-refractivity contribution is -0.0456. The lowest BCUT2D eigenvalue weighted by Gasteiger charge is -2.38. The van der Waals surface area contributed by atoms with Crippen LogP contribution in [-0.2, 0) is 4.74 Å². The van der Waals surface area contributed by atoms with Crippen molar-refractivity contribution in [2.75, 3.05) is 40.3 Å². The second-order valence-corrected chi connectivity index (χ2v) is 5.32. The van der Waals surface area contributed by atoms with Crippen molar-refractivity contribution in [1.29, 1.82) is 0 Å². The molecule has 1 aliphatic rings. The van der Waals surface area contributed by atoms with Crippen LogP contribution in [0, 0.1) is 0 Å². The Morgan fingerprint density at radius 1 is 1.21 bits per heavy atom. The van der Waals surface area contributed by atoms with Crippen molar-refractivity contribution in [3.8, 4) is 0 Å². The van der Waals surface area contributed by atoms with E-state index >= 15 is 0 Å². The van der Waals surface area contributed by atoms with Crippen LogP contribution in [0.25, 0.3) is 0 Å². The minimum Gasteiger partial charge on any atom is -0.374 e. The smallest absolute Gasteiger partial charge is 0.0641 e. The van der Waals surface area contributed by atoms with E-state index in [0.29, 0.717) is 6.04 Å². The van der Waals surface area contributed by atoms with Crippen LogP contribution in [0.15, 0.2) is 0 Å². The first kappa shape index (κ1) is 12.0. The molecule has 0 bridgehead atoms. The molecule has 1 atom stereocenters. The molecule has 0 aromatic heterocycles. The van der Waals surface area contributed by atoms with Crippen molar-refractivity contribution in [1.82, 2.24) is 9.80 Å². The van der Waals surface area contributed by atoms with Crippen molar-refractivity contribution in [3.63, 3.8) is 0 Å². The van der Waals surface area contributed by atoms with Crippen molar-refractivity contribution < 1.29 is 4.74 Å². The summed E-state index contributed by atoms with van der Waals surface area (Å²) < 4.78 is 5.82.